The number of rotatable bonds is 6. The van der Waals surface area contributed by atoms with Crippen molar-refractivity contribution in [2.24, 2.45) is 0 Å². The van der Waals surface area contributed by atoms with E-state index in [2.05, 4.69) is 29.4 Å². The molecule has 1 atom stereocenters. The van der Waals surface area contributed by atoms with E-state index in [4.69, 9.17) is 27.6 Å². The maximum Gasteiger partial charge on any atom is 0.250 e. The summed E-state index contributed by atoms with van der Waals surface area (Å²) in [7, 11) is 0. The zero-order valence-electron chi connectivity index (χ0n) is 10.7. The Morgan fingerprint density at radius 3 is 2.74 bits per heavy atom. The van der Waals surface area contributed by atoms with Gasteiger partial charge < -0.3 is 9.73 Å². The Morgan fingerprint density at radius 2 is 2.16 bits per heavy atom. The molecule has 0 aromatic carbocycles. The molecule has 0 aliphatic heterocycles. The molecular weight excluding hydrogens is 305 g/mol. The Kier molecular flexibility index (Phi) is 5.21. The minimum atomic E-state index is 0.0779. The molecule has 7 heteroatoms. The molecule has 0 saturated carbocycles. The molecule has 0 aliphatic carbocycles. The molecule has 0 aliphatic rings. The normalized spacial score (nSPS) is 12.8. The van der Waals surface area contributed by atoms with Gasteiger partial charge in [0.25, 0.3) is 0 Å². The van der Waals surface area contributed by atoms with Crippen LogP contribution in [0.4, 0.5) is 0 Å². The third kappa shape index (κ3) is 3.48. The molecule has 0 radical (unpaired) electrons. The van der Waals surface area contributed by atoms with Crippen LogP contribution in [0.1, 0.15) is 38.6 Å². The van der Waals surface area contributed by atoms with Crippen molar-refractivity contribution in [2.45, 2.75) is 32.7 Å². The lowest BCUT2D eigenvalue weighted by Gasteiger charge is -2.11. The van der Waals surface area contributed by atoms with Crippen LogP contribution in [-0.2, 0) is 0 Å². The number of thiophene rings is 1. The van der Waals surface area contributed by atoms with Gasteiger partial charge in [-0.25, -0.2) is 0 Å². The highest BCUT2D eigenvalue weighted by molar-refractivity contribution is 7.20. The van der Waals surface area contributed by atoms with E-state index in [1.807, 2.05) is 0 Å². The molecule has 2 rings (SSSR count). The van der Waals surface area contributed by atoms with Gasteiger partial charge in [0.05, 0.1) is 15.9 Å². The Balaban J connectivity index is 2.20. The van der Waals surface area contributed by atoms with E-state index in [1.54, 1.807) is 6.07 Å². The number of halogens is 2. The molecule has 2 aromatic heterocycles. The lowest BCUT2D eigenvalue weighted by atomic mass is 10.2. The van der Waals surface area contributed by atoms with Crippen molar-refractivity contribution in [1.82, 2.24) is 15.5 Å². The van der Waals surface area contributed by atoms with E-state index in [0.717, 1.165) is 19.4 Å². The smallest absolute Gasteiger partial charge is 0.250 e. The molecule has 2 aromatic rings. The molecule has 0 fully saturated rings. The standard InChI is InChI=1S/C12H15Cl2N3OS/c1-3-5-15-8(4-2)12-17-16-11(18-12)7-6-9(13)19-10(7)14/h6,8,15H,3-5H2,1-2H3. The van der Waals surface area contributed by atoms with Crippen LogP contribution in [0.3, 0.4) is 0 Å². The van der Waals surface area contributed by atoms with Gasteiger partial charge in [0.1, 0.15) is 4.34 Å². The van der Waals surface area contributed by atoms with E-state index in [-0.39, 0.29) is 6.04 Å². The number of nitrogens with one attached hydrogen (secondary N) is 1. The van der Waals surface area contributed by atoms with Gasteiger partial charge in [0, 0.05) is 0 Å². The summed E-state index contributed by atoms with van der Waals surface area (Å²) in [5.41, 5.74) is 0.695. The first-order valence-electron chi connectivity index (χ1n) is 6.17. The summed E-state index contributed by atoms with van der Waals surface area (Å²) in [6, 6.07) is 1.82. The molecular formula is C12H15Cl2N3OS. The quantitative estimate of drug-likeness (QED) is 0.848. The van der Waals surface area contributed by atoms with Crippen molar-refractivity contribution in [2.75, 3.05) is 6.54 Å². The van der Waals surface area contributed by atoms with Crippen molar-refractivity contribution < 1.29 is 4.42 Å². The Hall–Kier alpha value is -0.620. The summed E-state index contributed by atoms with van der Waals surface area (Å²) in [6.07, 6.45) is 1.95. The van der Waals surface area contributed by atoms with E-state index >= 15 is 0 Å². The topological polar surface area (TPSA) is 51.0 Å². The van der Waals surface area contributed by atoms with Crippen LogP contribution in [0.25, 0.3) is 11.5 Å². The molecule has 0 saturated heterocycles. The van der Waals surface area contributed by atoms with E-state index in [1.165, 1.54) is 11.3 Å². The van der Waals surface area contributed by atoms with Crippen LogP contribution in [0, 0.1) is 0 Å². The molecule has 0 spiro atoms. The summed E-state index contributed by atoms with van der Waals surface area (Å²) in [4.78, 5) is 0. The first kappa shape index (κ1) is 14.8. The first-order valence-corrected chi connectivity index (χ1v) is 7.74. The molecule has 1 unspecified atom stereocenters. The second-order valence-electron chi connectivity index (χ2n) is 4.10. The van der Waals surface area contributed by atoms with Crippen molar-refractivity contribution in [3.8, 4) is 11.5 Å². The van der Waals surface area contributed by atoms with Crippen LogP contribution in [0.2, 0.25) is 8.67 Å². The molecule has 4 nitrogen and oxygen atoms in total. The lowest BCUT2D eigenvalue weighted by Crippen LogP contribution is -2.21. The molecule has 0 bridgehead atoms. The zero-order valence-corrected chi connectivity index (χ0v) is 13.1. The average molecular weight is 320 g/mol. The maximum absolute atomic E-state index is 6.08. The fraction of sp³-hybridized carbons (Fsp3) is 0.500. The van der Waals surface area contributed by atoms with Gasteiger partial charge in [-0.05, 0) is 25.5 Å². The van der Waals surface area contributed by atoms with Crippen LogP contribution in [0.15, 0.2) is 10.5 Å². The third-order valence-electron chi connectivity index (χ3n) is 2.67. The number of nitrogens with zero attached hydrogens (tertiary/aromatic N) is 2. The van der Waals surface area contributed by atoms with Gasteiger partial charge in [0.15, 0.2) is 0 Å². The fourth-order valence-electron chi connectivity index (χ4n) is 1.70. The number of hydrogen-bond acceptors (Lipinski definition) is 5. The van der Waals surface area contributed by atoms with E-state index in [9.17, 15) is 0 Å². The van der Waals surface area contributed by atoms with Gasteiger partial charge >= 0.3 is 0 Å². The minimum Gasteiger partial charge on any atom is -0.419 e. The zero-order chi connectivity index (χ0) is 13.8. The highest BCUT2D eigenvalue weighted by Crippen LogP contribution is 2.37. The van der Waals surface area contributed by atoms with Crippen molar-refractivity contribution in [3.05, 3.63) is 20.6 Å². The molecule has 104 valence electrons. The predicted octanol–water partition coefficient (Wildman–Crippen LogP) is 4.56. The molecule has 0 amide bonds. The van der Waals surface area contributed by atoms with E-state index < -0.39 is 0 Å². The Labute approximate surface area is 126 Å². The first-order chi connectivity index (χ1) is 9.15. The SMILES string of the molecule is CCCNC(CC)c1nnc(-c2cc(Cl)sc2Cl)o1. The lowest BCUT2D eigenvalue weighted by molar-refractivity contribution is 0.396. The minimum absolute atomic E-state index is 0.0779. The fourth-order valence-corrected chi connectivity index (χ4v) is 3.14. The molecule has 2 heterocycles. The van der Waals surface area contributed by atoms with Crippen LogP contribution in [0.5, 0.6) is 0 Å². The summed E-state index contributed by atoms with van der Waals surface area (Å²) >= 11 is 13.3. The Bertz CT molecular complexity index is 541. The van der Waals surface area contributed by atoms with Crippen LogP contribution >= 0.6 is 34.5 Å². The van der Waals surface area contributed by atoms with Gasteiger partial charge in [-0.1, -0.05) is 37.0 Å². The highest BCUT2D eigenvalue weighted by atomic mass is 35.5. The number of hydrogen-bond donors (Lipinski definition) is 1. The van der Waals surface area contributed by atoms with Gasteiger partial charge in [-0.2, -0.15) is 0 Å². The highest BCUT2D eigenvalue weighted by Gasteiger charge is 2.19. The average Bonchev–Trinajstić information content (AvgIpc) is 2.97. The molecule has 1 N–H and O–H groups in total. The van der Waals surface area contributed by atoms with Crippen molar-refractivity contribution >= 4 is 34.5 Å². The Morgan fingerprint density at radius 1 is 1.37 bits per heavy atom. The predicted molar refractivity (Wildman–Crippen MR) is 79.0 cm³/mol. The summed E-state index contributed by atoms with van der Waals surface area (Å²) in [5.74, 6) is 1.00. The second-order valence-corrected chi connectivity index (χ2v) is 6.38. The largest absolute Gasteiger partial charge is 0.419 e. The van der Waals surface area contributed by atoms with Crippen LogP contribution < -0.4 is 5.32 Å². The monoisotopic (exact) mass is 319 g/mol. The van der Waals surface area contributed by atoms with Gasteiger partial charge in [0.2, 0.25) is 11.8 Å². The molecule has 19 heavy (non-hydrogen) atoms. The maximum atomic E-state index is 6.08. The summed E-state index contributed by atoms with van der Waals surface area (Å²) in [6.45, 7) is 5.11. The number of aromatic nitrogens is 2. The summed E-state index contributed by atoms with van der Waals surface area (Å²) in [5, 5.41) is 11.5. The van der Waals surface area contributed by atoms with Crippen LogP contribution in [-0.4, -0.2) is 16.7 Å². The van der Waals surface area contributed by atoms with E-state index in [0.29, 0.717) is 26.0 Å². The van der Waals surface area contributed by atoms with Crippen molar-refractivity contribution in [1.29, 1.82) is 0 Å². The van der Waals surface area contributed by atoms with Gasteiger partial charge in [-0.15, -0.1) is 21.5 Å². The third-order valence-corrected chi connectivity index (χ3v) is 4.16. The second kappa shape index (κ2) is 6.70. The van der Waals surface area contributed by atoms with Crippen molar-refractivity contribution in [3.63, 3.8) is 0 Å². The summed E-state index contributed by atoms with van der Waals surface area (Å²) < 4.78 is 6.86. The van der Waals surface area contributed by atoms with Gasteiger partial charge in [-0.3, -0.25) is 0 Å².